The first kappa shape index (κ1) is 10.2. The van der Waals surface area contributed by atoms with Crippen LogP contribution in [-0.4, -0.2) is 21.3 Å². The number of aromatic nitrogens is 3. The second kappa shape index (κ2) is 4.44. The number of rotatable bonds is 3. The zero-order chi connectivity index (χ0) is 10.7. The molecular weight excluding hydrogens is 256 g/mol. The Balaban J connectivity index is 2.34. The molecule has 0 amide bonds. The standard InChI is InChI=1S/C10H11BrN4/c1-2-13-9-7-15(14-10(9)11)8-4-3-5-12-6-8/h3-7,13H,2H2,1H3. The van der Waals surface area contributed by atoms with Crippen LogP contribution in [0.3, 0.4) is 0 Å². The molecule has 4 nitrogen and oxygen atoms in total. The van der Waals surface area contributed by atoms with Crippen LogP contribution < -0.4 is 5.32 Å². The van der Waals surface area contributed by atoms with E-state index in [0.717, 1.165) is 22.5 Å². The van der Waals surface area contributed by atoms with E-state index >= 15 is 0 Å². The van der Waals surface area contributed by atoms with Crippen LogP contribution in [0.25, 0.3) is 5.69 Å². The first-order valence-electron chi connectivity index (χ1n) is 4.70. The highest BCUT2D eigenvalue weighted by molar-refractivity contribution is 9.10. The second-order valence-corrected chi connectivity index (χ2v) is 3.77. The molecule has 2 rings (SSSR count). The highest BCUT2D eigenvalue weighted by Crippen LogP contribution is 2.21. The SMILES string of the molecule is CCNc1cn(-c2cccnc2)nc1Br. The summed E-state index contributed by atoms with van der Waals surface area (Å²) in [7, 11) is 0. The monoisotopic (exact) mass is 266 g/mol. The fraction of sp³-hybridized carbons (Fsp3) is 0.200. The number of hydrogen-bond donors (Lipinski definition) is 1. The Morgan fingerprint density at radius 2 is 2.40 bits per heavy atom. The van der Waals surface area contributed by atoms with Crippen molar-refractivity contribution in [3.05, 3.63) is 35.3 Å². The number of pyridine rings is 1. The van der Waals surface area contributed by atoms with Gasteiger partial charge in [0.1, 0.15) is 0 Å². The molecule has 0 radical (unpaired) electrons. The maximum absolute atomic E-state index is 4.33. The van der Waals surface area contributed by atoms with E-state index in [4.69, 9.17) is 0 Å². The van der Waals surface area contributed by atoms with Gasteiger partial charge in [0, 0.05) is 12.7 Å². The average molecular weight is 267 g/mol. The highest BCUT2D eigenvalue weighted by Gasteiger charge is 2.05. The molecule has 0 saturated heterocycles. The molecule has 0 aliphatic carbocycles. The summed E-state index contributed by atoms with van der Waals surface area (Å²) < 4.78 is 2.60. The molecule has 0 aliphatic heterocycles. The third kappa shape index (κ3) is 2.18. The van der Waals surface area contributed by atoms with Crippen LogP contribution in [0.2, 0.25) is 0 Å². The summed E-state index contributed by atoms with van der Waals surface area (Å²) in [6.45, 7) is 2.92. The summed E-state index contributed by atoms with van der Waals surface area (Å²) in [4.78, 5) is 4.05. The van der Waals surface area contributed by atoms with Crippen LogP contribution in [0.4, 0.5) is 5.69 Å². The number of hydrogen-bond acceptors (Lipinski definition) is 3. The third-order valence-corrected chi connectivity index (χ3v) is 2.53. The molecule has 2 aromatic rings. The Hall–Kier alpha value is -1.36. The van der Waals surface area contributed by atoms with Gasteiger partial charge >= 0.3 is 0 Å². The lowest BCUT2D eigenvalue weighted by Crippen LogP contribution is -1.96. The molecule has 15 heavy (non-hydrogen) atoms. The Bertz CT molecular complexity index is 438. The van der Waals surface area contributed by atoms with E-state index in [9.17, 15) is 0 Å². The van der Waals surface area contributed by atoms with Crippen LogP contribution in [-0.2, 0) is 0 Å². The zero-order valence-electron chi connectivity index (χ0n) is 8.31. The first-order chi connectivity index (χ1) is 7.31. The van der Waals surface area contributed by atoms with Crippen LogP contribution in [0, 0.1) is 0 Å². The minimum Gasteiger partial charge on any atom is -0.382 e. The maximum atomic E-state index is 4.33. The van der Waals surface area contributed by atoms with Crippen molar-refractivity contribution in [3.63, 3.8) is 0 Å². The molecule has 0 bridgehead atoms. The molecule has 2 heterocycles. The number of nitrogens with zero attached hydrogens (tertiary/aromatic N) is 3. The normalized spacial score (nSPS) is 10.3. The highest BCUT2D eigenvalue weighted by atomic mass is 79.9. The van der Waals surface area contributed by atoms with E-state index in [0.29, 0.717) is 0 Å². The fourth-order valence-corrected chi connectivity index (χ4v) is 1.70. The summed E-state index contributed by atoms with van der Waals surface area (Å²) in [5.74, 6) is 0. The van der Waals surface area contributed by atoms with E-state index in [1.165, 1.54) is 0 Å². The van der Waals surface area contributed by atoms with E-state index in [2.05, 4.69) is 31.3 Å². The lowest BCUT2D eigenvalue weighted by molar-refractivity contribution is 0.864. The summed E-state index contributed by atoms with van der Waals surface area (Å²) in [5, 5.41) is 7.55. The van der Waals surface area contributed by atoms with Crippen molar-refractivity contribution in [1.82, 2.24) is 14.8 Å². The third-order valence-electron chi connectivity index (χ3n) is 1.95. The van der Waals surface area contributed by atoms with Crippen molar-refractivity contribution >= 4 is 21.6 Å². The maximum Gasteiger partial charge on any atom is 0.151 e. The van der Waals surface area contributed by atoms with Crippen molar-refractivity contribution < 1.29 is 0 Å². The molecule has 0 unspecified atom stereocenters. The Labute approximate surface area is 96.5 Å². The quantitative estimate of drug-likeness (QED) is 0.928. The summed E-state index contributed by atoms with van der Waals surface area (Å²) in [5.41, 5.74) is 1.93. The minimum atomic E-state index is 0.813. The topological polar surface area (TPSA) is 42.7 Å². The van der Waals surface area contributed by atoms with Gasteiger partial charge in [-0.05, 0) is 35.0 Å². The van der Waals surface area contributed by atoms with Gasteiger partial charge in [-0.15, -0.1) is 0 Å². The van der Waals surface area contributed by atoms with E-state index in [1.807, 2.05) is 25.3 Å². The molecule has 5 heteroatoms. The molecule has 0 fully saturated rings. The van der Waals surface area contributed by atoms with Crippen LogP contribution in [0.5, 0.6) is 0 Å². The van der Waals surface area contributed by atoms with Crippen molar-refractivity contribution in [2.75, 3.05) is 11.9 Å². The molecule has 0 spiro atoms. The second-order valence-electron chi connectivity index (χ2n) is 3.02. The van der Waals surface area contributed by atoms with Gasteiger partial charge in [-0.2, -0.15) is 5.10 Å². The van der Waals surface area contributed by atoms with Gasteiger partial charge in [-0.25, -0.2) is 4.68 Å². The van der Waals surface area contributed by atoms with Crippen LogP contribution in [0.15, 0.2) is 35.3 Å². The van der Waals surface area contributed by atoms with Gasteiger partial charge in [-0.1, -0.05) is 0 Å². The van der Waals surface area contributed by atoms with Crippen molar-refractivity contribution in [2.45, 2.75) is 6.92 Å². The Morgan fingerprint density at radius 1 is 1.53 bits per heavy atom. The Morgan fingerprint density at radius 3 is 3.07 bits per heavy atom. The van der Waals surface area contributed by atoms with E-state index < -0.39 is 0 Å². The van der Waals surface area contributed by atoms with Crippen LogP contribution >= 0.6 is 15.9 Å². The van der Waals surface area contributed by atoms with Crippen molar-refractivity contribution in [3.8, 4) is 5.69 Å². The van der Waals surface area contributed by atoms with E-state index in [-0.39, 0.29) is 0 Å². The zero-order valence-corrected chi connectivity index (χ0v) is 9.90. The Kier molecular flexibility index (Phi) is 3.01. The fourth-order valence-electron chi connectivity index (χ4n) is 1.28. The van der Waals surface area contributed by atoms with Crippen molar-refractivity contribution in [1.29, 1.82) is 0 Å². The van der Waals surface area contributed by atoms with Gasteiger partial charge in [-0.3, -0.25) is 4.98 Å². The summed E-state index contributed by atoms with van der Waals surface area (Å²) >= 11 is 3.40. The molecule has 0 aliphatic rings. The van der Waals surface area contributed by atoms with E-state index in [1.54, 1.807) is 17.1 Å². The van der Waals surface area contributed by atoms with Gasteiger partial charge in [0.05, 0.1) is 23.8 Å². The predicted molar refractivity (Wildman–Crippen MR) is 63.2 cm³/mol. The number of anilines is 1. The lowest BCUT2D eigenvalue weighted by Gasteiger charge is -1.98. The molecule has 0 aromatic carbocycles. The lowest BCUT2D eigenvalue weighted by atomic mass is 10.4. The summed E-state index contributed by atoms with van der Waals surface area (Å²) in [6.07, 6.45) is 5.45. The molecule has 78 valence electrons. The number of halogens is 1. The molecule has 0 atom stereocenters. The molecular formula is C10H11BrN4. The number of nitrogens with one attached hydrogen (secondary N) is 1. The summed E-state index contributed by atoms with van der Waals surface area (Å²) in [6, 6.07) is 3.85. The molecule has 2 aromatic heterocycles. The van der Waals surface area contributed by atoms with Crippen molar-refractivity contribution in [2.24, 2.45) is 0 Å². The first-order valence-corrected chi connectivity index (χ1v) is 5.50. The predicted octanol–water partition coefficient (Wildman–Crippen LogP) is 2.46. The average Bonchev–Trinajstić information content (AvgIpc) is 2.63. The van der Waals surface area contributed by atoms with Gasteiger partial charge < -0.3 is 5.32 Å². The largest absolute Gasteiger partial charge is 0.382 e. The smallest absolute Gasteiger partial charge is 0.151 e. The minimum absolute atomic E-state index is 0.813. The molecule has 0 saturated carbocycles. The van der Waals surface area contributed by atoms with Gasteiger partial charge in [0.15, 0.2) is 4.60 Å². The molecule has 1 N–H and O–H groups in total. The van der Waals surface area contributed by atoms with Crippen LogP contribution in [0.1, 0.15) is 6.92 Å². The van der Waals surface area contributed by atoms with Gasteiger partial charge in [0.25, 0.3) is 0 Å². The van der Waals surface area contributed by atoms with Gasteiger partial charge in [0.2, 0.25) is 0 Å².